The van der Waals surface area contributed by atoms with Crippen LogP contribution in [0.15, 0.2) is 54.9 Å². The number of benzene rings is 2. The van der Waals surface area contributed by atoms with Crippen LogP contribution in [0.25, 0.3) is 0 Å². The number of carboxylic acids is 1. The third kappa shape index (κ3) is 5.26. The fourth-order valence-corrected chi connectivity index (χ4v) is 3.16. The second-order valence-electron chi connectivity index (χ2n) is 6.71. The molecule has 0 spiro atoms. The van der Waals surface area contributed by atoms with Crippen molar-refractivity contribution in [1.82, 2.24) is 0 Å². The number of nitrogens with zero attached hydrogens (tertiary/aromatic N) is 1. The molecule has 3 rings (SSSR count). The molecular weight excluding hydrogens is 377 g/mol. The average Bonchev–Trinajstić information content (AvgIpc) is 3.21. The summed E-state index contributed by atoms with van der Waals surface area (Å²) in [6, 6.07) is 11.9. The summed E-state index contributed by atoms with van der Waals surface area (Å²) in [7, 11) is 1.56. The summed E-state index contributed by atoms with van der Waals surface area (Å²) < 4.78 is 30.2. The second-order valence-corrected chi connectivity index (χ2v) is 6.71. The highest BCUT2D eigenvalue weighted by molar-refractivity contribution is 5.89. The van der Waals surface area contributed by atoms with Crippen molar-refractivity contribution >= 4 is 17.3 Å². The lowest BCUT2D eigenvalue weighted by Crippen LogP contribution is -2.20. The summed E-state index contributed by atoms with van der Waals surface area (Å²) in [5, 5.41) is 9.31. The number of halogens is 1. The molecule has 1 saturated heterocycles. The molecule has 0 radical (unpaired) electrons. The van der Waals surface area contributed by atoms with Crippen LogP contribution in [0, 0.1) is 0 Å². The van der Waals surface area contributed by atoms with Crippen LogP contribution in [-0.4, -0.2) is 44.0 Å². The van der Waals surface area contributed by atoms with Gasteiger partial charge < -0.3 is 24.2 Å². The third-order valence-corrected chi connectivity index (χ3v) is 4.65. The van der Waals surface area contributed by atoms with E-state index in [1.54, 1.807) is 31.4 Å². The minimum atomic E-state index is -1.03. The van der Waals surface area contributed by atoms with Crippen molar-refractivity contribution in [3.8, 4) is 11.5 Å². The molecule has 1 aliphatic heterocycles. The fraction of sp³-hybridized carbons (Fsp3) is 0.318. The predicted molar refractivity (Wildman–Crippen MR) is 108 cm³/mol. The standard InChI is InChI=1S/C22H24FNO5/c1-15(23)8-10-24(17-5-3-4-16(12-17)22(25)26)18-6-7-20(27-2)21(13-18)29-19-9-11-28-14-19/h3-7,12-13,19H,1,8-11,14H2,2H3,(H,25,26). The van der Waals surface area contributed by atoms with Gasteiger partial charge in [0.2, 0.25) is 0 Å². The van der Waals surface area contributed by atoms with Crippen molar-refractivity contribution in [3.05, 3.63) is 60.4 Å². The van der Waals surface area contributed by atoms with Crippen LogP contribution in [-0.2, 0) is 4.74 Å². The summed E-state index contributed by atoms with van der Waals surface area (Å²) in [5.74, 6) is -0.340. The van der Waals surface area contributed by atoms with Gasteiger partial charge in [0.05, 0.1) is 31.7 Å². The van der Waals surface area contributed by atoms with Gasteiger partial charge in [-0.3, -0.25) is 0 Å². The van der Waals surface area contributed by atoms with Gasteiger partial charge in [-0.05, 0) is 30.3 Å². The first-order valence-corrected chi connectivity index (χ1v) is 9.34. The minimum absolute atomic E-state index is 0.0615. The number of carboxylic acid groups (broad SMARTS) is 1. The summed E-state index contributed by atoms with van der Waals surface area (Å²) in [6.45, 7) is 4.78. The molecule has 1 heterocycles. The molecule has 1 fully saturated rings. The Balaban J connectivity index is 1.97. The summed E-state index contributed by atoms with van der Waals surface area (Å²) in [4.78, 5) is 13.2. The van der Waals surface area contributed by atoms with Crippen LogP contribution >= 0.6 is 0 Å². The lowest BCUT2D eigenvalue weighted by Gasteiger charge is -2.26. The first kappa shape index (κ1) is 20.7. The molecule has 0 amide bonds. The number of hydrogen-bond donors (Lipinski definition) is 1. The highest BCUT2D eigenvalue weighted by Crippen LogP contribution is 2.36. The van der Waals surface area contributed by atoms with E-state index in [1.807, 2.05) is 17.0 Å². The summed E-state index contributed by atoms with van der Waals surface area (Å²) in [6.07, 6.45) is 0.837. The number of aromatic carboxylic acids is 1. The zero-order valence-electron chi connectivity index (χ0n) is 16.3. The van der Waals surface area contributed by atoms with E-state index in [0.717, 1.165) is 12.1 Å². The Kier molecular flexibility index (Phi) is 6.72. The number of anilines is 2. The molecule has 0 bridgehead atoms. The van der Waals surface area contributed by atoms with Crippen molar-refractivity contribution in [2.45, 2.75) is 18.9 Å². The second kappa shape index (κ2) is 9.43. The highest BCUT2D eigenvalue weighted by Gasteiger charge is 2.21. The largest absolute Gasteiger partial charge is 0.493 e. The van der Waals surface area contributed by atoms with Gasteiger partial charge in [0.15, 0.2) is 11.5 Å². The molecule has 0 aliphatic carbocycles. The fourth-order valence-electron chi connectivity index (χ4n) is 3.16. The van der Waals surface area contributed by atoms with Gasteiger partial charge in [-0.2, -0.15) is 0 Å². The number of hydrogen-bond acceptors (Lipinski definition) is 5. The monoisotopic (exact) mass is 401 g/mol. The van der Waals surface area contributed by atoms with Crippen molar-refractivity contribution < 1.29 is 28.5 Å². The molecule has 2 aromatic rings. The lowest BCUT2D eigenvalue weighted by atomic mass is 10.1. The van der Waals surface area contributed by atoms with Crippen LogP contribution in [0.4, 0.5) is 15.8 Å². The van der Waals surface area contributed by atoms with Crippen LogP contribution in [0.5, 0.6) is 11.5 Å². The normalized spacial score (nSPS) is 15.7. The zero-order valence-corrected chi connectivity index (χ0v) is 16.3. The van der Waals surface area contributed by atoms with Crippen LogP contribution < -0.4 is 14.4 Å². The van der Waals surface area contributed by atoms with Gasteiger partial charge in [0.25, 0.3) is 0 Å². The smallest absolute Gasteiger partial charge is 0.335 e. The van der Waals surface area contributed by atoms with Gasteiger partial charge in [0, 0.05) is 36.8 Å². The van der Waals surface area contributed by atoms with Gasteiger partial charge in [-0.15, -0.1) is 0 Å². The van der Waals surface area contributed by atoms with E-state index in [4.69, 9.17) is 14.2 Å². The average molecular weight is 401 g/mol. The van der Waals surface area contributed by atoms with Crippen molar-refractivity contribution in [2.24, 2.45) is 0 Å². The quantitative estimate of drug-likeness (QED) is 0.664. The molecule has 6 nitrogen and oxygen atoms in total. The predicted octanol–water partition coefficient (Wildman–Crippen LogP) is 4.57. The van der Waals surface area contributed by atoms with Gasteiger partial charge in [0.1, 0.15) is 6.10 Å². The number of carbonyl (C=O) groups is 1. The van der Waals surface area contributed by atoms with E-state index in [-0.39, 0.29) is 24.6 Å². The van der Waals surface area contributed by atoms with E-state index in [9.17, 15) is 14.3 Å². The SMILES string of the molecule is C=C(F)CCN(c1cccc(C(=O)O)c1)c1ccc(OC)c(OC2CCOC2)c1. The maximum atomic E-state index is 13.4. The Hall–Kier alpha value is -3.06. The van der Waals surface area contributed by atoms with Gasteiger partial charge in [-0.25, -0.2) is 9.18 Å². The molecular formula is C22H24FNO5. The van der Waals surface area contributed by atoms with Crippen LogP contribution in [0.3, 0.4) is 0 Å². The van der Waals surface area contributed by atoms with Crippen LogP contribution in [0.1, 0.15) is 23.2 Å². The Morgan fingerprint density at radius 1 is 1.28 bits per heavy atom. The third-order valence-electron chi connectivity index (χ3n) is 4.65. The van der Waals surface area contributed by atoms with E-state index < -0.39 is 11.8 Å². The maximum absolute atomic E-state index is 13.4. The van der Waals surface area contributed by atoms with Crippen molar-refractivity contribution in [2.75, 3.05) is 31.8 Å². The molecule has 2 aromatic carbocycles. The van der Waals surface area contributed by atoms with Gasteiger partial charge in [-0.1, -0.05) is 12.6 Å². The Morgan fingerprint density at radius 3 is 2.72 bits per heavy atom. The molecule has 1 unspecified atom stereocenters. The Bertz CT molecular complexity index is 879. The molecule has 1 N–H and O–H groups in total. The maximum Gasteiger partial charge on any atom is 0.335 e. The topological polar surface area (TPSA) is 68.2 Å². The summed E-state index contributed by atoms with van der Waals surface area (Å²) >= 11 is 0. The first-order valence-electron chi connectivity index (χ1n) is 9.34. The summed E-state index contributed by atoms with van der Waals surface area (Å²) in [5.41, 5.74) is 1.51. The molecule has 0 saturated carbocycles. The van der Waals surface area contributed by atoms with Gasteiger partial charge >= 0.3 is 5.97 Å². The lowest BCUT2D eigenvalue weighted by molar-refractivity contribution is 0.0697. The molecule has 7 heteroatoms. The van der Waals surface area contributed by atoms with Crippen molar-refractivity contribution in [1.29, 1.82) is 0 Å². The molecule has 29 heavy (non-hydrogen) atoms. The van der Waals surface area contributed by atoms with E-state index in [1.165, 1.54) is 6.07 Å². The van der Waals surface area contributed by atoms with E-state index >= 15 is 0 Å². The van der Waals surface area contributed by atoms with E-state index in [2.05, 4.69) is 6.58 Å². The van der Waals surface area contributed by atoms with Crippen LogP contribution in [0.2, 0.25) is 0 Å². The van der Waals surface area contributed by atoms with Crippen molar-refractivity contribution in [3.63, 3.8) is 0 Å². The molecule has 1 aliphatic rings. The number of ether oxygens (including phenoxy) is 3. The molecule has 0 aromatic heterocycles. The van der Waals surface area contributed by atoms with E-state index in [0.29, 0.717) is 30.4 Å². The molecule has 1 atom stereocenters. The number of methoxy groups -OCH3 is 1. The Labute approximate surface area is 169 Å². The minimum Gasteiger partial charge on any atom is -0.493 e. The molecule has 154 valence electrons. The zero-order chi connectivity index (χ0) is 20.8. The highest BCUT2D eigenvalue weighted by atomic mass is 19.1. The first-order chi connectivity index (χ1) is 14.0. The Morgan fingerprint density at radius 2 is 2.07 bits per heavy atom. The number of rotatable bonds is 9.